The molecule has 1 aliphatic heterocycles. The number of halogens is 1. The molecule has 30 heavy (non-hydrogen) atoms. The Labute approximate surface area is 179 Å². The van der Waals surface area contributed by atoms with Crippen molar-refractivity contribution in [2.24, 2.45) is 0 Å². The normalized spacial score (nSPS) is 14.8. The summed E-state index contributed by atoms with van der Waals surface area (Å²) in [6.07, 6.45) is 5.07. The zero-order valence-electron chi connectivity index (χ0n) is 16.9. The van der Waals surface area contributed by atoms with Gasteiger partial charge in [0, 0.05) is 24.5 Å². The fraction of sp³-hybridized carbons (Fsp3) is 0.450. The predicted molar refractivity (Wildman–Crippen MR) is 109 cm³/mol. The lowest BCUT2D eigenvalue weighted by Crippen LogP contribution is -2.39. The van der Waals surface area contributed by atoms with Crippen LogP contribution in [0.1, 0.15) is 48.4 Å². The number of ether oxygens (including phenoxy) is 1. The Balaban J connectivity index is 1.41. The molecule has 0 aliphatic carbocycles. The summed E-state index contributed by atoms with van der Waals surface area (Å²) in [6, 6.07) is 5.22. The topological polar surface area (TPSA) is 99.2 Å². The van der Waals surface area contributed by atoms with E-state index in [4.69, 9.17) is 20.9 Å². The summed E-state index contributed by atoms with van der Waals surface area (Å²) >= 11 is 6.07. The molecule has 9 nitrogen and oxygen atoms in total. The lowest BCUT2D eigenvalue weighted by atomic mass is 10.0. The quantitative estimate of drug-likeness (QED) is 0.590. The van der Waals surface area contributed by atoms with Gasteiger partial charge in [0.2, 0.25) is 0 Å². The summed E-state index contributed by atoms with van der Waals surface area (Å²) < 4.78 is 12.4. The van der Waals surface area contributed by atoms with Crippen LogP contribution in [0.2, 0.25) is 5.02 Å². The van der Waals surface area contributed by atoms with E-state index >= 15 is 0 Å². The monoisotopic (exact) mass is 430 g/mol. The van der Waals surface area contributed by atoms with Gasteiger partial charge in [-0.2, -0.15) is 4.98 Å². The summed E-state index contributed by atoms with van der Waals surface area (Å²) in [7, 11) is 1.54. The van der Waals surface area contributed by atoms with Crippen molar-refractivity contribution in [2.45, 2.75) is 38.6 Å². The van der Waals surface area contributed by atoms with Gasteiger partial charge in [0.05, 0.1) is 24.9 Å². The largest absolute Gasteiger partial charge is 0.496 e. The number of carbonyl (C=O) groups excluding carboxylic acids is 1. The van der Waals surface area contributed by atoms with E-state index < -0.39 is 0 Å². The maximum atomic E-state index is 12.9. The molecule has 4 rings (SSSR count). The molecule has 0 saturated carbocycles. The van der Waals surface area contributed by atoms with Gasteiger partial charge in [0.1, 0.15) is 5.75 Å². The Morgan fingerprint density at radius 3 is 2.87 bits per heavy atom. The van der Waals surface area contributed by atoms with Crippen molar-refractivity contribution in [1.82, 2.24) is 30.0 Å². The van der Waals surface area contributed by atoms with Crippen LogP contribution in [0.3, 0.4) is 0 Å². The lowest BCUT2D eigenvalue weighted by molar-refractivity contribution is 0.0686. The molecule has 1 saturated heterocycles. The number of carbonyl (C=O) groups is 1. The van der Waals surface area contributed by atoms with Gasteiger partial charge >= 0.3 is 0 Å². The van der Waals surface area contributed by atoms with Crippen LogP contribution in [0.5, 0.6) is 5.75 Å². The summed E-state index contributed by atoms with van der Waals surface area (Å²) in [4.78, 5) is 19.1. The first-order valence-corrected chi connectivity index (χ1v) is 10.3. The van der Waals surface area contributed by atoms with E-state index in [1.165, 1.54) is 0 Å². The van der Waals surface area contributed by atoms with E-state index in [0.717, 1.165) is 25.7 Å². The van der Waals surface area contributed by atoms with Crippen molar-refractivity contribution in [3.63, 3.8) is 0 Å². The van der Waals surface area contributed by atoms with Crippen LogP contribution < -0.4 is 4.74 Å². The molecule has 0 N–H and O–H groups in total. The van der Waals surface area contributed by atoms with Crippen LogP contribution in [-0.4, -0.2) is 56.1 Å². The molecule has 0 unspecified atom stereocenters. The van der Waals surface area contributed by atoms with E-state index in [9.17, 15) is 4.79 Å². The van der Waals surface area contributed by atoms with Crippen LogP contribution >= 0.6 is 11.6 Å². The molecule has 0 atom stereocenters. The average molecular weight is 431 g/mol. The number of piperidine rings is 1. The van der Waals surface area contributed by atoms with E-state index in [-0.39, 0.29) is 11.9 Å². The summed E-state index contributed by atoms with van der Waals surface area (Å²) in [5.74, 6) is 1.49. The molecule has 0 spiro atoms. The van der Waals surface area contributed by atoms with Crippen molar-refractivity contribution in [1.29, 1.82) is 0 Å². The number of hydrogen-bond donors (Lipinski definition) is 0. The van der Waals surface area contributed by atoms with E-state index in [1.807, 2.05) is 15.8 Å². The molecule has 1 aliphatic rings. The van der Waals surface area contributed by atoms with Crippen molar-refractivity contribution in [2.75, 3.05) is 20.2 Å². The molecule has 0 radical (unpaired) electrons. The van der Waals surface area contributed by atoms with E-state index in [2.05, 4.69) is 27.4 Å². The lowest BCUT2D eigenvalue weighted by Gasteiger charge is -2.32. The second kappa shape index (κ2) is 8.83. The van der Waals surface area contributed by atoms with Crippen LogP contribution in [-0.2, 0) is 6.42 Å². The van der Waals surface area contributed by atoms with Gasteiger partial charge in [-0.1, -0.05) is 28.9 Å². The first-order chi connectivity index (χ1) is 14.6. The minimum absolute atomic E-state index is 0.0820. The van der Waals surface area contributed by atoms with Gasteiger partial charge in [-0.3, -0.25) is 4.79 Å². The second-order valence-electron chi connectivity index (χ2n) is 7.22. The highest BCUT2D eigenvalue weighted by molar-refractivity contribution is 6.31. The van der Waals surface area contributed by atoms with Crippen molar-refractivity contribution in [3.8, 4) is 17.3 Å². The van der Waals surface area contributed by atoms with Crippen molar-refractivity contribution in [3.05, 3.63) is 40.8 Å². The van der Waals surface area contributed by atoms with Gasteiger partial charge < -0.3 is 14.2 Å². The predicted octanol–water partition coefficient (Wildman–Crippen LogP) is 3.42. The van der Waals surface area contributed by atoms with Gasteiger partial charge in [-0.05, 0) is 37.5 Å². The van der Waals surface area contributed by atoms with Crippen LogP contribution in [0.25, 0.3) is 11.6 Å². The SMILES string of the molecule is CCCc1noc(-c2cn(C3CCN(C(=O)c4cc(Cl)ccc4OC)CC3)nn2)n1. The van der Waals surface area contributed by atoms with Gasteiger partial charge in [0.25, 0.3) is 11.8 Å². The smallest absolute Gasteiger partial charge is 0.280 e. The molecule has 158 valence electrons. The van der Waals surface area contributed by atoms with Gasteiger partial charge in [-0.25, -0.2) is 4.68 Å². The van der Waals surface area contributed by atoms with Crippen LogP contribution in [0.4, 0.5) is 0 Å². The molecule has 1 fully saturated rings. The number of hydrogen-bond acceptors (Lipinski definition) is 7. The molecule has 1 amide bonds. The van der Waals surface area contributed by atoms with Crippen LogP contribution in [0.15, 0.2) is 28.9 Å². The molecule has 3 aromatic rings. The maximum absolute atomic E-state index is 12.9. The number of methoxy groups -OCH3 is 1. The average Bonchev–Trinajstić information content (AvgIpc) is 3.43. The first kappa shape index (κ1) is 20.3. The molecule has 1 aromatic carbocycles. The zero-order chi connectivity index (χ0) is 21.1. The highest BCUT2D eigenvalue weighted by atomic mass is 35.5. The number of nitrogens with zero attached hydrogens (tertiary/aromatic N) is 6. The molecular formula is C20H23ClN6O3. The third-order valence-electron chi connectivity index (χ3n) is 5.19. The number of rotatable bonds is 6. The van der Waals surface area contributed by atoms with Crippen LogP contribution in [0, 0.1) is 0 Å². The highest BCUT2D eigenvalue weighted by Gasteiger charge is 2.27. The van der Waals surface area contributed by atoms with E-state index in [1.54, 1.807) is 25.3 Å². The summed E-state index contributed by atoms with van der Waals surface area (Å²) in [6.45, 7) is 3.27. The molecule has 2 aromatic heterocycles. The fourth-order valence-electron chi connectivity index (χ4n) is 3.59. The van der Waals surface area contributed by atoms with E-state index in [0.29, 0.717) is 46.8 Å². The fourth-order valence-corrected chi connectivity index (χ4v) is 3.76. The Bertz CT molecular complexity index is 1030. The Morgan fingerprint density at radius 2 is 2.13 bits per heavy atom. The third-order valence-corrected chi connectivity index (χ3v) is 5.42. The van der Waals surface area contributed by atoms with Gasteiger partial charge in [-0.15, -0.1) is 5.10 Å². The summed E-state index contributed by atoms with van der Waals surface area (Å²) in [5.41, 5.74) is 1.04. The molecular weight excluding hydrogens is 408 g/mol. The Kier molecular flexibility index (Phi) is 5.98. The minimum Gasteiger partial charge on any atom is -0.496 e. The van der Waals surface area contributed by atoms with Gasteiger partial charge in [0.15, 0.2) is 11.5 Å². The molecule has 10 heteroatoms. The standard InChI is InChI=1S/C20H23ClN6O3/c1-3-4-18-22-19(30-24-18)16-12-27(25-23-16)14-7-9-26(10-8-14)20(28)15-11-13(21)5-6-17(15)29-2/h5-6,11-12,14H,3-4,7-10H2,1-2H3. The maximum Gasteiger partial charge on any atom is 0.280 e. The second-order valence-corrected chi connectivity index (χ2v) is 7.65. The number of aryl methyl sites for hydroxylation is 1. The zero-order valence-corrected chi connectivity index (χ0v) is 17.7. The Morgan fingerprint density at radius 1 is 1.33 bits per heavy atom. The summed E-state index contributed by atoms with van der Waals surface area (Å²) in [5, 5.41) is 12.9. The van der Waals surface area contributed by atoms with Crippen molar-refractivity contribution < 1.29 is 14.1 Å². The third kappa shape index (κ3) is 4.16. The van der Waals surface area contributed by atoms with Crippen molar-refractivity contribution >= 4 is 17.5 Å². The minimum atomic E-state index is -0.0820. The number of aromatic nitrogens is 5. The first-order valence-electron chi connectivity index (χ1n) is 9.96. The molecule has 0 bridgehead atoms. The highest BCUT2D eigenvalue weighted by Crippen LogP contribution is 2.28. The Hall–Kier alpha value is -2.94. The number of amides is 1. The number of likely N-dealkylation sites (tertiary alicyclic amines) is 1. The molecule has 3 heterocycles. The number of benzene rings is 1.